The van der Waals surface area contributed by atoms with E-state index in [9.17, 15) is 30.8 Å². The minimum absolute atomic E-state index is 0.0388. The molecule has 3 aliphatic carbocycles. The van der Waals surface area contributed by atoms with Gasteiger partial charge in [-0.05, 0) is 74.8 Å². The van der Waals surface area contributed by atoms with Crippen LogP contribution in [0.3, 0.4) is 0 Å². The number of amidine groups is 1. The van der Waals surface area contributed by atoms with Crippen LogP contribution in [0, 0.1) is 17.7 Å². The number of carbonyl (C=O) groups is 1. The summed E-state index contributed by atoms with van der Waals surface area (Å²) in [6, 6.07) is 11.6. The first-order chi connectivity index (χ1) is 19.6. The fourth-order valence-corrected chi connectivity index (χ4v) is 8.35. The molecule has 1 amide bonds. The van der Waals surface area contributed by atoms with Gasteiger partial charge >= 0.3 is 6.18 Å². The zero-order chi connectivity index (χ0) is 30.5. The lowest BCUT2D eigenvalue weighted by Gasteiger charge is -2.71. The number of alkyl halides is 3. The highest BCUT2D eigenvalue weighted by Crippen LogP contribution is 2.67. The van der Waals surface area contributed by atoms with Gasteiger partial charge in [0.15, 0.2) is 0 Å². The quantitative estimate of drug-likeness (QED) is 0.256. The number of halogens is 5. The number of aliphatic imine (C=N–C) groups is 1. The minimum Gasteiger partial charge on any atom is -0.360 e. The van der Waals surface area contributed by atoms with E-state index in [1.54, 1.807) is 38.1 Å². The fourth-order valence-electron chi connectivity index (χ4n) is 6.39. The van der Waals surface area contributed by atoms with E-state index in [0.29, 0.717) is 30.7 Å². The van der Waals surface area contributed by atoms with E-state index in [2.05, 4.69) is 10.6 Å². The van der Waals surface area contributed by atoms with E-state index in [-0.39, 0.29) is 41.3 Å². The molecular formula is C29H33ClF4N4O3S. The molecule has 2 aromatic carbocycles. The van der Waals surface area contributed by atoms with E-state index in [0.717, 1.165) is 0 Å². The van der Waals surface area contributed by atoms with Gasteiger partial charge in [0.1, 0.15) is 11.9 Å². The van der Waals surface area contributed by atoms with Crippen LogP contribution in [0.15, 0.2) is 58.4 Å². The van der Waals surface area contributed by atoms with E-state index in [1.165, 1.54) is 28.6 Å². The number of hydrogen-bond acceptors (Lipinski definition) is 5. The molecule has 0 aromatic heterocycles. The van der Waals surface area contributed by atoms with Crippen LogP contribution < -0.4 is 10.6 Å². The van der Waals surface area contributed by atoms with E-state index in [1.807, 2.05) is 0 Å². The Morgan fingerprint density at radius 2 is 1.86 bits per heavy atom. The highest BCUT2D eigenvalue weighted by Gasteiger charge is 2.70. The predicted octanol–water partition coefficient (Wildman–Crippen LogP) is 5.45. The maximum Gasteiger partial charge on any atom is 0.389 e. The van der Waals surface area contributed by atoms with Crippen molar-refractivity contribution in [2.45, 2.75) is 80.7 Å². The van der Waals surface area contributed by atoms with Gasteiger partial charge in [0.05, 0.1) is 21.3 Å². The molecule has 13 heteroatoms. The zero-order valence-corrected chi connectivity index (χ0v) is 24.8. The van der Waals surface area contributed by atoms with Crippen molar-refractivity contribution in [2.75, 3.05) is 6.54 Å². The van der Waals surface area contributed by atoms with Crippen LogP contribution in [0.4, 0.5) is 17.6 Å². The summed E-state index contributed by atoms with van der Waals surface area (Å²) in [7, 11) is -3.97. The molecule has 2 atom stereocenters. The van der Waals surface area contributed by atoms with Crippen molar-refractivity contribution in [1.29, 1.82) is 0 Å². The average molecular weight is 629 g/mol. The van der Waals surface area contributed by atoms with Crippen LogP contribution in [0.5, 0.6) is 0 Å². The van der Waals surface area contributed by atoms with Gasteiger partial charge in [-0.1, -0.05) is 35.9 Å². The lowest BCUT2D eigenvalue weighted by atomic mass is 9.41. The Morgan fingerprint density at radius 3 is 2.45 bits per heavy atom. The lowest BCUT2D eigenvalue weighted by Crippen LogP contribution is -2.76. The highest BCUT2D eigenvalue weighted by atomic mass is 35.5. The van der Waals surface area contributed by atoms with Gasteiger partial charge < -0.3 is 10.6 Å². The molecule has 4 aliphatic rings. The van der Waals surface area contributed by atoms with Crippen LogP contribution in [-0.2, 0) is 21.4 Å². The fraction of sp³-hybridized carbons (Fsp3) is 0.517. The van der Waals surface area contributed by atoms with E-state index >= 15 is 0 Å². The first-order valence-corrected chi connectivity index (χ1v) is 15.7. The second-order valence-corrected chi connectivity index (χ2v) is 14.2. The summed E-state index contributed by atoms with van der Waals surface area (Å²) >= 11 is 5.87. The van der Waals surface area contributed by atoms with E-state index < -0.39 is 51.5 Å². The molecule has 1 unspecified atom stereocenters. The maximum atomic E-state index is 14.3. The number of benzene rings is 2. The van der Waals surface area contributed by atoms with Crippen molar-refractivity contribution >= 4 is 33.4 Å². The molecular weight excluding hydrogens is 596 g/mol. The predicted molar refractivity (Wildman–Crippen MR) is 151 cm³/mol. The summed E-state index contributed by atoms with van der Waals surface area (Å²) in [5.74, 6) is -0.321. The summed E-state index contributed by atoms with van der Waals surface area (Å²) in [4.78, 5) is 17.7. The van der Waals surface area contributed by atoms with Gasteiger partial charge in [-0.25, -0.2) is 12.8 Å². The minimum atomic E-state index is -4.28. The number of hydrogen-bond donors (Lipinski definition) is 2. The molecule has 3 fully saturated rings. The monoisotopic (exact) mass is 628 g/mol. The van der Waals surface area contributed by atoms with Crippen LogP contribution in [0.2, 0.25) is 5.02 Å². The Bertz CT molecular complexity index is 1480. The largest absolute Gasteiger partial charge is 0.389 e. The van der Waals surface area contributed by atoms with E-state index in [4.69, 9.17) is 16.6 Å². The SMILES string of the molecule is CC1(C)N=C(CC2C3CC2(N(Cc2ccc(Cl)c(F)c2)S(=O)(=O)c2ccccc2)C3)N[C@H]1C(=O)NCCCC(F)(F)F. The summed E-state index contributed by atoms with van der Waals surface area (Å²) in [5.41, 5.74) is -1.08. The third kappa shape index (κ3) is 5.90. The molecule has 0 saturated heterocycles. The van der Waals surface area contributed by atoms with Crippen molar-refractivity contribution in [3.63, 3.8) is 0 Å². The number of nitrogens with zero attached hydrogens (tertiary/aromatic N) is 2. The Morgan fingerprint density at radius 1 is 1.17 bits per heavy atom. The second kappa shape index (κ2) is 11.1. The topological polar surface area (TPSA) is 90.9 Å². The molecule has 1 heterocycles. The summed E-state index contributed by atoms with van der Waals surface area (Å²) in [6.07, 6.45) is -3.77. The average Bonchev–Trinajstić information content (AvgIpc) is 3.20. The molecule has 2 N–H and O–H groups in total. The Balaban J connectivity index is 1.33. The zero-order valence-electron chi connectivity index (χ0n) is 23.2. The Kier molecular flexibility index (Phi) is 8.12. The van der Waals surface area contributed by atoms with Crippen LogP contribution >= 0.6 is 11.6 Å². The van der Waals surface area contributed by atoms with Gasteiger partial charge in [-0.2, -0.15) is 17.5 Å². The molecule has 1 aliphatic heterocycles. The van der Waals surface area contributed by atoms with Gasteiger partial charge in [0.25, 0.3) is 0 Å². The molecule has 42 heavy (non-hydrogen) atoms. The highest BCUT2D eigenvalue weighted by molar-refractivity contribution is 7.89. The molecule has 6 rings (SSSR count). The molecule has 0 spiro atoms. The van der Waals surface area contributed by atoms with Gasteiger partial charge in [0, 0.05) is 31.5 Å². The third-order valence-electron chi connectivity index (χ3n) is 8.68. The summed E-state index contributed by atoms with van der Waals surface area (Å²) < 4.78 is 81.2. The number of carbonyl (C=O) groups excluding carboxylic acids is 1. The van der Waals surface area contributed by atoms with Crippen molar-refractivity contribution < 1.29 is 30.8 Å². The van der Waals surface area contributed by atoms with Gasteiger partial charge in [-0.3, -0.25) is 9.79 Å². The van der Waals surface area contributed by atoms with Gasteiger partial charge in [-0.15, -0.1) is 0 Å². The van der Waals surface area contributed by atoms with Crippen LogP contribution in [0.25, 0.3) is 0 Å². The molecule has 2 aromatic rings. The lowest BCUT2D eigenvalue weighted by molar-refractivity contribution is -0.179. The second-order valence-electron chi connectivity index (χ2n) is 12.0. The summed E-state index contributed by atoms with van der Waals surface area (Å²) in [6.45, 7) is 3.40. The van der Waals surface area contributed by atoms with Crippen molar-refractivity contribution in [3.05, 3.63) is 64.9 Å². The summed E-state index contributed by atoms with van der Waals surface area (Å²) in [5, 5.41) is 5.67. The standard InChI is InChI=1S/C29H33ClF4N4O3S/c1-27(2)25(26(39)35-12-6-11-29(32,33)34)36-24(37-27)14-21-19-15-28(21,16-19)38(17-18-9-10-22(30)23(31)13-18)42(40,41)20-7-4-3-5-8-20/h3-5,7-10,13,19,21,25H,6,11-12,14-17H2,1-2H3,(H,35,39)(H,36,37)/t19?,21?,25-,28?/m0/s1. The third-order valence-corrected chi connectivity index (χ3v) is 10.9. The number of rotatable bonds is 11. The van der Waals surface area contributed by atoms with Crippen LogP contribution in [0.1, 0.15) is 51.5 Å². The van der Waals surface area contributed by atoms with Crippen LogP contribution in [-0.4, -0.2) is 54.3 Å². The number of amides is 1. The molecule has 3 saturated carbocycles. The normalized spacial score (nSPS) is 26.2. The Labute approximate surface area is 247 Å². The number of sulfonamides is 1. The van der Waals surface area contributed by atoms with Gasteiger partial charge in [0.2, 0.25) is 15.9 Å². The number of nitrogens with one attached hydrogen (secondary N) is 2. The molecule has 0 radical (unpaired) electrons. The van der Waals surface area contributed by atoms with Crippen molar-refractivity contribution in [1.82, 2.24) is 14.9 Å². The molecule has 228 valence electrons. The first kappa shape index (κ1) is 30.7. The van der Waals surface area contributed by atoms with Crippen molar-refractivity contribution in [2.24, 2.45) is 16.8 Å². The maximum absolute atomic E-state index is 14.3. The Hall–Kier alpha value is -2.70. The molecule has 7 nitrogen and oxygen atoms in total. The first-order valence-electron chi connectivity index (χ1n) is 13.8. The van der Waals surface area contributed by atoms with Crippen molar-refractivity contribution in [3.8, 4) is 0 Å². The molecule has 2 bridgehead atoms. The smallest absolute Gasteiger partial charge is 0.360 e.